The van der Waals surface area contributed by atoms with E-state index >= 15 is 0 Å². The molecule has 9 heteroatoms. The van der Waals surface area contributed by atoms with Crippen molar-refractivity contribution in [1.82, 2.24) is 25.5 Å². The molecule has 2 heterocycles. The number of fused-ring (bicyclic) bond motifs is 1. The fourth-order valence-corrected chi connectivity index (χ4v) is 3.82. The summed E-state index contributed by atoms with van der Waals surface area (Å²) in [5.74, 6) is 1.95. The van der Waals surface area contributed by atoms with E-state index in [1.54, 1.807) is 0 Å². The largest absolute Gasteiger partial charge is 0.486 e. The van der Waals surface area contributed by atoms with Crippen LogP contribution in [0.4, 0.5) is 0 Å². The van der Waals surface area contributed by atoms with E-state index in [1.165, 1.54) is 11.8 Å². The van der Waals surface area contributed by atoms with Gasteiger partial charge in [0.2, 0.25) is 11.1 Å². The molecule has 2 aromatic rings. The topological polar surface area (TPSA) is 91.2 Å². The van der Waals surface area contributed by atoms with Gasteiger partial charge in [0.1, 0.15) is 13.2 Å². The van der Waals surface area contributed by atoms with Crippen molar-refractivity contribution in [2.45, 2.75) is 43.9 Å². The number of benzene rings is 1. The highest BCUT2D eigenvalue weighted by molar-refractivity contribution is 7.99. The van der Waals surface area contributed by atoms with Gasteiger partial charge >= 0.3 is 0 Å². The number of tetrazole rings is 1. The molecule has 0 bridgehead atoms. The Morgan fingerprint density at radius 1 is 1.30 bits per heavy atom. The molecular formula is C18H23N5O3S. The molecule has 1 aliphatic carbocycles. The number of hydrogen-bond donors (Lipinski definition) is 1. The van der Waals surface area contributed by atoms with Gasteiger partial charge in [-0.15, -0.1) is 5.10 Å². The zero-order chi connectivity index (χ0) is 18.8. The Morgan fingerprint density at radius 2 is 2.07 bits per heavy atom. The first-order valence-electron chi connectivity index (χ1n) is 9.21. The second kappa shape index (κ2) is 7.75. The van der Waals surface area contributed by atoms with E-state index < -0.39 is 0 Å². The number of nitrogens with zero attached hydrogens (tertiary/aromatic N) is 4. The molecule has 0 spiro atoms. The molecule has 4 rings (SSSR count). The molecule has 1 atom stereocenters. The third kappa shape index (κ3) is 4.18. The van der Waals surface area contributed by atoms with Crippen LogP contribution in [0, 0.1) is 5.92 Å². The molecule has 27 heavy (non-hydrogen) atoms. The third-order valence-electron chi connectivity index (χ3n) is 4.60. The van der Waals surface area contributed by atoms with E-state index in [2.05, 4.69) is 34.7 Å². The molecular weight excluding hydrogens is 366 g/mol. The summed E-state index contributed by atoms with van der Waals surface area (Å²) in [4.78, 5) is 12.5. The molecule has 144 valence electrons. The van der Waals surface area contributed by atoms with Crippen LogP contribution in [-0.2, 0) is 4.79 Å². The molecule has 1 amide bonds. The van der Waals surface area contributed by atoms with Crippen LogP contribution in [0.25, 0.3) is 0 Å². The number of ether oxygens (including phenoxy) is 2. The van der Waals surface area contributed by atoms with Crippen molar-refractivity contribution in [2.75, 3.05) is 19.0 Å². The van der Waals surface area contributed by atoms with Crippen LogP contribution in [0.3, 0.4) is 0 Å². The number of rotatable bonds is 7. The Bertz CT molecular complexity index is 821. The predicted molar refractivity (Wildman–Crippen MR) is 100.0 cm³/mol. The zero-order valence-electron chi connectivity index (χ0n) is 15.4. The number of carbonyl (C=O) groups excluding carboxylic acids is 1. The van der Waals surface area contributed by atoms with E-state index in [9.17, 15) is 4.79 Å². The molecule has 1 aromatic heterocycles. The fraction of sp³-hybridized carbons (Fsp3) is 0.556. The minimum Gasteiger partial charge on any atom is -0.486 e. The summed E-state index contributed by atoms with van der Waals surface area (Å²) in [5.41, 5.74) is 1.01. The van der Waals surface area contributed by atoms with Gasteiger partial charge in [-0.25, -0.2) is 4.68 Å². The molecule has 1 N–H and O–H groups in total. The highest BCUT2D eigenvalue weighted by Crippen LogP contribution is 2.37. The van der Waals surface area contributed by atoms with Gasteiger partial charge in [0.25, 0.3) is 0 Å². The summed E-state index contributed by atoms with van der Waals surface area (Å²) in [6, 6.07) is 6.14. The Morgan fingerprint density at radius 3 is 2.81 bits per heavy atom. The van der Waals surface area contributed by atoms with Gasteiger partial charge in [0.05, 0.1) is 17.8 Å². The van der Waals surface area contributed by atoms with Crippen LogP contribution < -0.4 is 14.8 Å². The molecule has 0 saturated heterocycles. The smallest absolute Gasteiger partial charge is 0.230 e. The van der Waals surface area contributed by atoms with Crippen LogP contribution >= 0.6 is 11.8 Å². The minimum absolute atomic E-state index is 0.0427. The van der Waals surface area contributed by atoms with Crippen LogP contribution in [-0.4, -0.2) is 45.1 Å². The Balaban J connectivity index is 1.40. The fourth-order valence-electron chi connectivity index (χ4n) is 3.06. The third-order valence-corrected chi connectivity index (χ3v) is 5.53. The molecule has 1 fully saturated rings. The van der Waals surface area contributed by atoms with Gasteiger partial charge in [-0.05, 0) is 46.9 Å². The van der Waals surface area contributed by atoms with E-state index in [0.29, 0.717) is 24.4 Å². The first-order chi connectivity index (χ1) is 13.1. The number of amides is 1. The molecule has 1 saturated carbocycles. The van der Waals surface area contributed by atoms with E-state index in [4.69, 9.17) is 9.47 Å². The summed E-state index contributed by atoms with van der Waals surface area (Å²) in [6.45, 7) is 5.28. The molecule has 0 radical (unpaired) electrons. The van der Waals surface area contributed by atoms with E-state index in [1.807, 2.05) is 22.9 Å². The highest BCUT2D eigenvalue weighted by atomic mass is 32.2. The second-order valence-corrected chi connectivity index (χ2v) is 8.06. The quantitative estimate of drug-likeness (QED) is 0.727. The lowest BCUT2D eigenvalue weighted by molar-refractivity contribution is -0.119. The van der Waals surface area contributed by atoms with Gasteiger partial charge in [0, 0.05) is 0 Å². The van der Waals surface area contributed by atoms with Crippen molar-refractivity contribution in [3.05, 3.63) is 23.8 Å². The number of carbonyl (C=O) groups is 1. The van der Waals surface area contributed by atoms with E-state index in [0.717, 1.165) is 29.9 Å². The predicted octanol–water partition coefficient (Wildman–Crippen LogP) is 2.38. The standard InChI is InChI=1S/C18H23N5O3S/c1-11(2)17(12-3-6-14-15(9-12)26-8-7-25-14)19-16(24)10-27-18-20-21-22-23(18)13-4-5-13/h3,6,9,11,13,17H,4-5,7-8,10H2,1-2H3,(H,19,24). The van der Waals surface area contributed by atoms with Crippen molar-refractivity contribution in [3.8, 4) is 11.5 Å². The molecule has 8 nitrogen and oxygen atoms in total. The van der Waals surface area contributed by atoms with Crippen molar-refractivity contribution < 1.29 is 14.3 Å². The number of nitrogens with one attached hydrogen (secondary N) is 1. The van der Waals surface area contributed by atoms with Crippen molar-refractivity contribution in [1.29, 1.82) is 0 Å². The Kier molecular flexibility index (Phi) is 5.20. The first-order valence-corrected chi connectivity index (χ1v) is 10.2. The van der Waals surface area contributed by atoms with Crippen LogP contribution in [0.15, 0.2) is 23.4 Å². The lowest BCUT2D eigenvalue weighted by atomic mass is 9.95. The lowest BCUT2D eigenvalue weighted by Gasteiger charge is -2.25. The average Bonchev–Trinajstić information content (AvgIpc) is 3.41. The maximum atomic E-state index is 12.5. The summed E-state index contributed by atoms with van der Waals surface area (Å²) < 4.78 is 13.1. The summed E-state index contributed by atoms with van der Waals surface area (Å²) in [5, 5.41) is 15.6. The number of thioether (sulfide) groups is 1. The monoisotopic (exact) mass is 389 g/mol. The highest BCUT2D eigenvalue weighted by Gasteiger charge is 2.28. The molecule has 1 aliphatic heterocycles. The van der Waals surface area contributed by atoms with Gasteiger partial charge in [-0.2, -0.15) is 0 Å². The van der Waals surface area contributed by atoms with E-state index in [-0.39, 0.29) is 23.6 Å². The Hall–Kier alpha value is -2.29. The van der Waals surface area contributed by atoms with Crippen LogP contribution in [0.5, 0.6) is 11.5 Å². The maximum absolute atomic E-state index is 12.5. The zero-order valence-corrected chi connectivity index (χ0v) is 16.2. The maximum Gasteiger partial charge on any atom is 0.230 e. The van der Waals surface area contributed by atoms with Gasteiger partial charge in [0.15, 0.2) is 11.5 Å². The first kappa shape index (κ1) is 18.1. The number of aromatic nitrogens is 4. The normalized spacial score (nSPS) is 17.0. The van der Waals surface area contributed by atoms with Gasteiger partial charge < -0.3 is 14.8 Å². The SMILES string of the molecule is CC(C)C(NC(=O)CSc1nnnn1C1CC1)c1ccc2c(c1)OCCO2. The molecule has 1 aromatic carbocycles. The summed E-state index contributed by atoms with van der Waals surface area (Å²) in [6.07, 6.45) is 2.20. The van der Waals surface area contributed by atoms with Crippen LogP contribution in [0.2, 0.25) is 0 Å². The number of hydrogen-bond acceptors (Lipinski definition) is 7. The Labute approximate surface area is 162 Å². The van der Waals surface area contributed by atoms with Crippen molar-refractivity contribution in [2.24, 2.45) is 5.92 Å². The van der Waals surface area contributed by atoms with Crippen molar-refractivity contribution in [3.63, 3.8) is 0 Å². The van der Waals surface area contributed by atoms with Crippen molar-refractivity contribution >= 4 is 17.7 Å². The second-order valence-electron chi connectivity index (χ2n) is 7.12. The van der Waals surface area contributed by atoms with Gasteiger partial charge in [-0.1, -0.05) is 31.7 Å². The van der Waals surface area contributed by atoms with Crippen LogP contribution in [0.1, 0.15) is 44.3 Å². The minimum atomic E-state index is -0.103. The van der Waals surface area contributed by atoms with Gasteiger partial charge in [-0.3, -0.25) is 4.79 Å². The lowest BCUT2D eigenvalue weighted by Crippen LogP contribution is -2.33. The summed E-state index contributed by atoms with van der Waals surface area (Å²) in [7, 11) is 0. The molecule has 2 aliphatic rings. The average molecular weight is 389 g/mol. The summed E-state index contributed by atoms with van der Waals surface area (Å²) >= 11 is 1.37. The molecule has 1 unspecified atom stereocenters.